The molecule has 0 saturated carbocycles. The third kappa shape index (κ3) is 44.5. The Morgan fingerprint density at radius 2 is 1.02 bits per heavy atom. The van der Waals surface area contributed by atoms with Crippen molar-refractivity contribution in [3.05, 3.63) is 35.9 Å². The largest absolute Gasteiger partial charge is 0.472 e. The SMILES string of the molecule is CCCCCCCCCCCCCCCCCCOCC(CNCCCCCCCCCCCCCCCCCCCCC(=O)OCc1ccccc1)OP(=O)(O)OCC[N+](C)(C)C. The van der Waals surface area contributed by atoms with Crippen LogP contribution in [-0.4, -0.2) is 82.0 Å². The van der Waals surface area contributed by atoms with Crippen LogP contribution in [-0.2, 0) is 34.5 Å². The van der Waals surface area contributed by atoms with Gasteiger partial charge in [-0.05, 0) is 31.4 Å². The van der Waals surface area contributed by atoms with Gasteiger partial charge in [0.2, 0.25) is 0 Å². The topological polar surface area (TPSA) is 103 Å². The van der Waals surface area contributed by atoms with Crippen LogP contribution >= 0.6 is 7.82 Å². The van der Waals surface area contributed by atoms with E-state index in [1.165, 1.54) is 186 Å². The normalized spacial score (nSPS) is 13.3. The van der Waals surface area contributed by atoms with E-state index in [-0.39, 0.29) is 19.2 Å². The van der Waals surface area contributed by atoms with Gasteiger partial charge in [-0.25, -0.2) is 4.57 Å². The molecular formula is C54H104N2O7P+. The smallest absolute Gasteiger partial charge is 0.461 e. The first-order valence-corrected chi connectivity index (χ1v) is 28.5. The van der Waals surface area contributed by atoms with Crippen LogP contribution < -0.4 is 5.32 Å². The zero-order valence-electron chi connectivity index (χ0n) is 42.5. The van der Waals surface area contributed by atoms with Crippen molar-refractivity contribution in [1.82, 2.24) is 5.32 Å². The van der Waals surface area contributed by atoms with Crippen LogP contribution in [0.25, 0.3) is 0 Å². The van der Waals surface area contributed by atoms with Crippen molar-refractivity contribution >= 4 is 13.8 Å². The zero-order chi connectivity index (χ0) is 46.5. The van der Waals surface area contributed by atoms with Crippen molar-refractivity contribution in [2.24, 2.45) is 0 Å². The summed E-state index contributed by atoms with van der Waals surface area (Å²) in [5.41, 5.74) is 1.04. The number of carbonyl (C=O) groups excluding carboxylic acids is 1. The lowest BCUT2D eigenvalue weighted by Crippen LogP contribution is -2.37. The monoisotopic (exact) mass is 924 g/mol. The van der Waals surface area contributed by atoms with Gasteiger partial charge in [0.1, 0.15) is 25.9 Å². The molecule has 1 aromatic carbocycles. The molecule has 0 aliphatic carbocycles. The van der Waals surface area contributed by atoms with Crippen LogP contribution in [0.15, 0.2) is 30.3 Å². The van der Waals surface area contributed by atoms with Crippen molar-refractivity contribution < 1.29 is 37.3 Å². The Morgan fingerprint density at radius 3 is 1.47 bits per heavy atom. The molecule has 1 rings (SSSR count). The average molecular weight is 924 g/mol. The van der Waals surface area contributed by atoms with Gasteiger partial charge in [-0.2, -0.15) is 0 Å². The van der Waals surface area contributed by atoms with Crippen LogP contribution in [0.3, 0.4) is 0 Å². The number of hydrogen-bond donors (Lipinski definition) is 2. The number of nitrogens with one attached hydrogen (secondary N) is 1. The highest BCUT2D eigenvalue weighted by atomic mass is 31.2. The fourth-order valence-electron chi connectivity index (χ4n) is 8.16. The van der Waals surface area contributed by atoms with Crippen LogP contribution in [0.5, 0.6) is 0 Å². The maximum absolute atomic E-state index is 12.8. The molecule has 0 heterocycles. The van der Waals surface area contributed by atoms with E-state index in [1.54, 1.807) is 0 Å². The Bertz CT molecular complexity index is 1180. The lowest BCUT2D eigenvalue weighted by atomic mass is 10.0. The number of unbranched alkanes of at least 4 members (excludes halogenated alkanes) is 32. The number of carbonyl (C=O) groups is 1. The van der Waals surface area contributed by atoms with Gasteiger partial charge in [0, 0.05) is 19.6 Å². The van der Waals surface area contributed by atoms with Gasteiger partial charge in [0.15, 0.2) is 0 Å². The molecule has 0 saturated heterocycles. The van der Waals surface area contributed by atoms with Gasteiger partial charge in [-0.3, -0.25) is 13.8 Å². The second-order valence-corrected chi connectivity index (χ2v) is 21.3. The molecule has 0 fully saturated rings. The molecule has 0 bridgehead atoms. The Hall–Kier alpha value is -1.32. The molecular weight excluding hydrogens is 820 g/mol. The minimum absolute atomic E-state index is 0.0776. The van der Waals surface area contributed by atoms with E-state index < -0.39 is 13.9 Å². The van der Waals surface area contributed by atoms with Crippen molar-refractivity contribution in [2.75, 3.05) is 60.6 Å². The molecule has 0 amide bonds. The molecule has 0 spiro atoms. The van der Waals surface area contributed by atoms with Gasteiger partial charge >= 0.3 is 13.8 Å². The highest BCUT2D eigenvalue weighted by Crippen LogP contribution is 2.44. The number of benzene rings is 1. The first-order valence-electron chi connectivity index (χ1n) is 27.1. The molecule has 64 heavy (non-hydrogen) atoms. The molecule has 2 atom stereocenters. The number of esters is 1. The number of phosphoric acid groups is 1. The van der Waals surface area contributed by atoms with Crippen LogP contribution in [0.1, 0.15) is 237 Å². The van der Waals surface area contributed by atoms with E-state index >= 15 is 0 Å². The Morgan fingerprint density at radius 1 is 0.594 bits per heavy atom. The third-order valence-electron chi connectivity index (χ3n) is 12.3. The summed E-state index contributed by atoms with van der Waals surface area (Å²) in [6, 6.07) is 9.88. The van der Waals surface area contributed by atoms with Gasteiger partial charge < -0.3 is 24.2 Å². The first kappa shape index (κ1) is 60.7. The Kier molecular flexibility index (Phi) is 41.9. The van der Waals surface area contributed by atoms with Crippen molar-refractivity contribution in [3.63, 3.8) is 0 Å². The lowest BCUT2D eigenvalue weighted by Gasteiger charge is -2.25. The standard InChI is InChI=1S/C54H103N2O7P/c1-5-6-7-8-9-10-11-12-13-20-23-26-29-32-35-41-47-60-51-53(63-64(58,59)62-48-46-56(2,3)4)49-55-45-40-34-31-28-25-22-19-17-15-14-16-18-21-24-27-30-33-39-44-54(57)61-50-52-42-37-36-38-43-52/h36-38,42-43,53,55H,5-35,39-41,44-51H2,1-4H3/p+1. The zero-order valence-corrected chi connectivity index (χ0v) is 43.3. The second-order valence-electron chi connectivity index (χ2n) is 19.9. The van der Waals surface area contributed by atoms with E-state index in [1.807, 2.05) is 51.5 Å². The fourth-order valence-corrected chi connectivity index (χ4v) is 9.05. The minimum Gasteiger partial charge on any atom is -0.461 e. The summed E-state index contributed by atoms with van der Waals surface area (Å²) in [5.74, 6) is -0.0776. The summed E-state index contributed by atoms with van der Waals surface area (Å²) >= 11 is 0. The summed E-state index contributed by atoms with van der Waals surface area (Å²) in [7, 11) is 1.91. The lowest BCUT2D eigenvalue weighted by molar-refractivity contribution is -0.870. The maximum atomic E-state index is 12.8. The number of phosphoric ester groups is 1. The Labute approximate surface area is 395 Å². The van der Waals surface area contributed by atoms with Gasteiger partial charge in [-0.15, -0.1) is 0 Å². The highest BCUT2D eigenvalue weighted by molar-refractivity contribution is 7.47. The van der Waals surface area contributed by atoms with Crippen molar-refractivity contribution in [1.29, 1.82) is 0 Å². The van der Waals surface area contributed by atoms with Crippen LogP contribution in [0, 0.1) is 0 Å². The number of quaternary nitrogens is 1. The molecule has 0 radical (unpaired) electrons. The first-order chi connectivity index (χ1) is 31.1. The van der Waals surface area contributed by atoms with Gasteiger partial charge in [0.25, 0.3) is 0 Å². The Balaban J connectivity index is 2.00. The minimum atomic E-state index is -4.18. The second kappa shape index (κ2) is 44.2. The van der Waals surface area contributed by atoms with Crippen LogP contribution in [0.4, 0.5) is 0 Å². The van der Waals surface area contributed by atoms with E-state index in [0.29, 0.717) is 37.2 Å². The maximum Gasteiger partial charge on any atom is 0.472 e. The number of hydrogen-bond acceptors (Lipinski definition) is 7. The molecule has 9 nitrogen and oxygen atoms in total. The molecule has 0 aromatic heterocycles. The predicted octanol–water partition coefficient (Wildman–Crippen LogP) is 15.2. The van der Waals surface area contributed by atoms with E-state index in [0.717, 1.165) is 44.2 Å². The summed E-state index contributed by atoms with van der Waals surface area (Å²) in [4.78, 5) is 22.4. The molecule has 2 unspecified atom stereocenters. The summed E-state index contributed by atoms with van der Waals surface area (Å²) in [6.45, 7) is 5.73. The predicted molar refractivity (Wildman–Crippen MR) is 271 cm³/mol. The summed E-state index contributed by atoms with van der Waals surface area (Å²) in [5, 5.41) is 3.45. The van der Waals surface area contributed by atoms with Crippen molar-refractivity contribution in [2.45, 2.75) is 244 Å². The average Bonchev–Trinajstić information content (AvgIpc) is 3.26. The van der Waals surface area contributed by atoms with Gasteiger partial charge in [-0.1, -0.05) is 236 Å². The number of nitrogens with zero attached hydrogens (tertiary/aromatic N) is 1. The molecule has 0 aliphatic rings. The molecule has 10 heteroatoms. The van der Waals surface area contributed by atoms with Crippen molar-refractivity contribution in [3.8, 4) is 0 Å². The fraction of sp³-hybridized carbons (Fsp3) is 0.870. The van der Waals surface area contributed by atoms with Gasteiger partial charge in [0.05, 0.1) is 27.7 Å². The molecule has 376 valence electrons. The number of ether oxygens (including phenoxy) is 2. The number of rotatable bonds is 50. The third-order valence-corrected chi connectivity index (χ3v) is 13.4. The number of likely N-dealkylation sites (N-methyl/N-ethyl adjacent to an activating group) is 1. The van der Waals surface area contributed by atoms with E-state index in [2.05, 4.69) is 12.2 Å². The van der Waals surface area contributed by atoms with Crippen LogP contribution in [0.2, 0.25) is 0 Å². The van der Waals surface area contributed by atoms with E-state index in [9.17, 15) is 14.3 Å². The summed E-state index contributed by atoms with van der Waals surface area (Å²) < 4.78 is 35.7. The molecule has 0 aliphatic heterocycles. The quantitative estimate of drug-likeness (QED) is 0.0288. The summed E-state index contributed by atoms with van der Waals surface area (Å²) in [6.07, 6.45) is 44.4. The van der Waals surface area contributed by atoms with E-state index in [4.69, 9.17) is 18.5 Å². The molecule has 2 N–H and O–H groups in total. The highest BCUT2D eigenvalue weighted by Gasteiger charge is 2.27. The molecule has 1 aromatic rings.